The van der Waals surface area contributed by atoms with Crippen molar-refractivity contribution in [3.63, 3.8) is 0 Å². The van der Waals surface area contributed by atoms with Crippen molar-refractivity contribution in [2.45, 2.75) is 31.5 Å². The number of halogens is 1. The first-order chi connectivity index (χ1) is 3.41. The highest BCUT2D eigenvalue weighted by Crippen LogP contribution is 1.97. The molecular weight excluding hydrogens is 106 g/mol. The molecule has 0 bridgehead atoms. The number of hydrogen-bond donors (Lipinski definition) is 0. The van der Waals surface area contributed by atoms with Crippen LogP contribution in [-0.2, 0) is 0 Å². The minimum atomic E-state index is -0.719. The summed E-state index contributed by atoms with van der Waals surface area (Å²) in [5, 5.41) is 0.841. The zero-order valence-electron chi connectivity index (χ0n) is 4.78. The van der Waals surface area contributed by atoms with Crippen LogP contribution in [0.4, 0.5) is 3.52 Å². The monoisotopic (exact) mass is 117 g/mol. The summed E-state index contributed by atoms with van der Waals surface area (Å²) in [7, 11) is 0. The van der Waals surface area contributed by atoms with Crippen molar-refractivity contribution in [2.24, 2.45) is 0 Å². The first kappa shape index (κ1) is 7.46. The van der Waals surface area contributed by atoms with Crippen LogP contribution < -0.4 is 0 Å². The molecule has 0 atom stereocenters. The molecule has 0 saturated heterocycles. The lowest BCUT2D eigenvalue weighted by Gasteiger charge is -1.87. The standard InChI is InChI=1S/C5H11.Al.FH/c1-3-5-4-2;;/h1,3-5H2,2H3;;1H/q;+1;/p-1. The molecule has 0 nitrogen and oxygen atoms in total. The van der Waals surface area contributed by atoms with Crippen molar-refractivity contribution in [3.8, 4) is 0 Å². The number of unbranched alkanes of at least 4 members (excludes halogenated alkanes) is 2. The average Bonchev–Trinajstić information content (AvgIpc) is 1.69. The van der Waals surface area contributed by atoms with Gasteiger partial charge in [-0.05, 0) is 0 Å². The molecule has 0 aliphatic rings. The molecule has 0 rings (SSSR count). The van der Waals surface area contributed by atoms with Crippen LogP contribution in [0.15, 0.2) is 0 Å². The molecular formula is C5H11AlF. The van der Waals surface area contributed by atoms with Gasteiger partial charge in [0.15, 0.2) is 0 Å². The van der Waals surface area contributed by atoms with Crippen LogP contribution in [0.5, 0.6) is 0 Å². The molecule has 0 fully saturated rings. The molecule has 0 heterocycles. The Morgan fingerprint density at radius 1 is 1.43 bits per heavy atom. The third kappa shape index (κ3) is 6.46. The summed E-state index contributed by atoms with van der Waals surface area (Å²) in [4.78, 5) is 0. The zero-order valence-corrected chi connectivity index (χ0v) is 5.94. The van der Waals surface area contributed by atoms with Crippen LogP contribution in [0.2, 0.25) is 5.28 Å². The van der Waals surface area contributed by atoms with E-state index in [1.54, 1.807) is 0 Å². The van der Waals surface area contributed by atoms with Gasteiger partial charge in [-0.15, -0.1) is 0 Å². The summed E-state index contributed by atoms with van der Waals surface area (Å²) in [6.45, 7) is 2.13. The normalized spacial score (nSPS) is 8.86. The van der Waals surface area contributed by atoms with Crippen LogP contribution in [0.25, 0.3) is 0 Å². The van der Waals surface area contributed by atoms with E-state index in [-0.39, 0.29) is 0 Å². The largest absolute Gasteiger partial charge is 0.490 e. The third-order valence-electron chi connectivity index (χ3n) is 0.917. The average molecular weight is 117 g/mol. The van der Waals surface area contributed by atoms with Gasteiger partial charge in [0.1, 0.15) is 0 Å². The predicted molar refractivity (Wildman–Crippen MR) is 31.2 cm³/mol. The maximum atomic E-state index is 11.4. The second kappa shape index (κ2) is 6.46. The molecule has 0 unspecified atom stereocenters. The van der Waals surface area contributed by atoms with E-state index in [2.05, 4.69) is 6.92 Å². The lowest BCUT2D eigenvalue weighted by molar-refractivity contribution is 0.746. The Labute approximate surface area is 51.3 Å². The second-order valence-electron chi connectivity index (χ2n) is 1.65. The molecule has 41 valence electrons. The van der Waals surface area contributed by atoms with Gasteiger partial charge in [-0.2, -0.15) is 0 Å². The van der Waals surface area contributed by atoms with Crippen LogP contribution in [-0.4, -0.2) is 15.7 Å². The van der Waals surface area contributed by atoms with E-state index >= 15 is 0 Å². The van der Waals surface area contributed by atoms with Crippen molar-refractivity contribution < 1.29 is 3.52 Å². The molecule has 0 aliphatic carbocycles. The quantitative estimate of drug-likeness (QED) is 0.391. The van der Waals surface area contributed by atoms with E-state index < -0.39 is 15.7 Å². The van der Waals surface area contributed by atoms with Crippen LogP contribution in [0.1, 0.15) is 26.2 Å². The Morgan fingerprint density at radius 3 is 2.57 bits per heavy atom. The fourth-order valence-corrected chi connectivity index (χ4v) is 0.914. The second-order valence-corrected chi connectivity index (χ2v) is 2.54. The van der Waals surface area contributed by atoms with Gasteiger partial charge in [0.05, 0.1) is 0 Å². The van der Waals surface area contributed by atoms with E-state index in [9.17, 15) is 3.52 Å². The minimum absolute atomic E-state index is 0.719. The maximum Gasteiger partial charge on any atom is 0.490 e. The van der Waals surface area contributed by atoms with Crippen LogP contribution >= 0.6 is 0 Å². The van der Waals surface area contributed by atoms with Crippen molar-refractivity contribution >= 4 is 15.7 Å². The fraction of sp³-hybridized carbons (Fsp3) is 1.00. The number of hydrogen-bond acceptors (Lipinski definition) is 0. The Hall–Kier alpha value is 0.462. The molecule has 0 saturated carbocycles. The zero-order chi connectivity index (χ0) is 5.54. The molecule has 1 radical (unpaired) electrons. The predicted octanol–water partition coefficient (Wildman–Crippen LogP) is 2.18. The molecule has 0 N–H and O–H groups in total. The summed E-state index contributed by atoms with van der Waals surface area (Å²) >= 11 is -0.719. The van der Waals surface area contributed by atoms with Crippen LogP contribution in [0.3, 0.4) is 0 Å². The highest BCUT2D eigenvalue weighted by atomic mass is 27.2. The summed E-state index contributed by atoms with van der Waals surface area (Å²) in [5.74, 6) is 0. The Kier molecular flexibility index (Phi) is 6.89. The summed E-state index contributed by atoms with van der Waals surface area (Å²) in [6, 6.07) is 0. The highest BCUT2D eigenvalue weighted by molar-refractivity contribution is 6.25. The van der Waals surface area contributed by atoms with Crippen molar-refractivity contribution in [3.05, 3.63) is 0 Å². The highest BCUT2D eigenvalue weighted by Gasteiger charge is 1.88. The van der Waals surface area contributed by atoms with Crippen molar-refractivity contribution in [1.29, 1.82) is 0 Å². The summed E-state index contributed by atoms with van der Waals surface area (Å²) in [6.07, 6.45) is 3.51. The van der Waals surface area contributed by atoms with Gasteiger partial charge in [0.25, 0.3) is 0 Å². The molecule has 0 aromatic carbocycles. The molecule has 2 heteroatoms. The fourth-order valence-electron chi connectivity index (χ4n) is 0.471. The molecule has 0 aromatic rings. The maximum absolute atomic E-state index is 11.4. The smallest absolute Gasteiger partial charge is 0.432 e. The molecule has 0 aliphatic heterocycles. The van der Waals surface area contributed by atoms with Crippen molar-refractivity contribution in [2.75, 3.05) is 0 Å². The SMILES string of the molecule is CCCC[CH2][Al][F]. The first-order valence-corrected chi connectivity index (χ1v) is 4.09. The van der Waals surface area contributed by atoms with E-state index in [0.29, 0.717) is 0 Å². The Bertz CT molecular complexity index is 27.3. The van der Waals surface area contributed by atoms with Gasteiger partial charge < -0.3 is 3.52 Å². The van der Waals surface area contributed by atoms with E-state index in [1.807, 2.05) is 0 Å². The Morgan fingerprint density at radius 2 is 2.14 bits per heavy atom. The van der Waals surface area contributed by atoms with Gasteiger partial charge in [0.2, 0.25) is 0 Å². The topological polar surface area (TPSA) is 0 Å². The van der Waals surface area contributed by atoms with E-state index in [4.69, 9.17) is 0 Å². The lowest BCUT2D eigenvalue weighted by Crippen LogP contribution is -1.77. The van der Waals surface area contributed by atoms with Gasteiger partial charge in [-0.1, -0.05) is 31.5 Å². The van der Waals surface area contributed by atoms with Crippen molar-refractivity contribution in [1.82, 2.24) is 0 Å². The van der Waals surface area contributed by atoms with Gasteiger partial charge in [0, 0.05) is 0 Å². The van der Waals surface area contributed by atoms with Gasteiger partial charge in [-0.3, -0.25) is 0 Å². The van der Waals surface area contributed by atoms with Crippen LogP contribution in [0, 0.1) is 0 Å². The third-order valence-corrected chi connectivity index (χ3v) is 1.54. The Balaban J connectivity index is 2.45. The summed E-state index contributed by atoms with van der Waals surface area (Å²) in [5.41, 5.74) is 0. The van der Waals surface area contributed by atoms with Gasteiger partial charge >= 0.3 is 15.7 Å². The summed E-state index contributed by atoms with van der Waals surface area (Å²) < 4.78 is 11.4. The van der Waals surface area contributed by atoms with Gasteiger partial charge in [-0.25, -0.2) is 0 Å². The molecule has 7 heavy (non-hydrogen) atoms. The molecule has 0 aromatic heterocycles. The first-order valence-electron chi connectivity index (χ1n) is 2.83. The van der Waals surface area contributed by atoms with E-state index in [1.165, 1.54) is 12.8 Å². The molecule has 0 amide bonds. The van der Waals surface area contributed by atoms with E-state index in [0.717, 1.165) is 11.7 Å². The minimum Gasteiger partial charge on any atom is -0.432 e. The molecule has 0 spiro atoms. The lowest BCUT2D eigenvalue weighted by atomic mass is 10.3. The number of rotatable bonds is 4.